The lowest BCUT2D eigenvalue weighted by Crippen LogP contribution is -2.28. The number of thiophene rings is 1. The molecule has 148 valence electrons. The van der Waals surface area contributed by atoms with Crippen molar-refractivity contribution in [3.05, 3.63) is 53.3 Å². The molecular weight excluding hydrogens is 396 g/mol. The Hall–Kier alpha value is -2.56. The fraction of sp³-hybridized carbons (Fsp3) is 0.278. The van der Waals surface area contributed by atoms with E-state index in [1.807, 2.05) is 31.2 Å². The van der Waals surface area contributed by atoms with Gasteiger partial charge in [-0.3, -0.25) is 0 Å². The largest absolute Gasteiger partial charge is 0.369 e. The van der Waals surface area contributed by atoms with Gasteiger partial charge in [-0.2, -0.15) is 0 Å². The van der Waals surface area contributed by atoms with Gasteiger partial charge in [0.25, 0.3) is 0 Å². The predicted molar refractivity (Wildman–Crippen MR) is 112 cm³/mol. The van der Waals surface area contributed by atoms with Crippen molar-refractivity contribution < 1.29 is 8.42 Å². The van der Waals surface area contributed by atoms with Crippen molar-refractivity contribution in [1.82, 2.24) is 19.7 Å². The molecule has 0 aliphatic heterocycles. The molecule has 3 heterocycles. The summed E-state index contributed by atoms with van der Waals surface area (Å²) in [5.41, 5.74) is 0. The van der Waals surface area contributed by atoms with Crippen LogP contribution in [-0.2, 0) is 16.4 Å². The van der Waals surface area contributed by atoms with Gasteiger partial charge in [0.1, 0.15) is 27.5 Å². The van der Waals surface area contributed by atoms with Crippen LogP contribution >= 0.6 is 11.3 Å². The van der Waals surface area contributed by atoms with E-state index in [-0.39, 0.29) is 6.54 Å². The molecule has 0 bridgehead atoms. The molecule has 0 aromatic carbocycles. The second-order valence-electron chi connectivity index (χ2n) is 5.92. The third kappa shape index (κ3) is 5.47. The van der Waals surface area contributed by atoms with Gasteiger partial charge < -0.3 is 10.6 Å². The fourth-order valence-corrected chi connectivity index (χ4v) is 4.80. The van der Waals surface area contributed by atoms with Crippen molar-refractivity contribution in [2.24, 2.45) is 0 Å². The normalized spacial score (nSPS) is 11.4. The summed E-state index contributed by atoms with van der Waals surface area (Å²) in [6.45, 7) is 4.43. The minimum Gasteiger partial charge on any atom is -0.369 e. The van der Waals surface area contributed by atoms with Crippen LogP contribution in [0.3, 0.4) is 0 Å². The molecule has 8 nitrogen and oxygen atoms in total. The lowest BCUT2D eigenvalue weighted by atomic mass is 10.4. The highest BCUT2D eigenvalue weighted by Gasteiger charge is 2.15. The van der Waals surface area contributed by atoms with E-state index in [4.69, 9.17) is 0 Å². The van der Waals surface area contributed by atoms with E-state index in [1.54, 1.807) is 25.3 Å². The minimum absolute atomic E-state index is 0.244. The van der Waals surface area contributed by atoms with Crippen LogP contribution in [0.15, 0.2) is 46.8 Å². The Morgan fingerprint density at radius 1 is 1.04 bits per heavy atom. The number of hydrogen-bond acceptors (Lipinski definition) is 8. The summed E-state index contributed by atoms with van der Waals surface area (Å²) < 4.78 is 27.6. The molecule has 0 saturated carbocycles. The molecule has 0 aliphatic rings. The Morgan fingerprint density at radius 3 is 2.57 bits per heavy atom. The first kappa shape index (κ1) is 20.2. The molecule has 0 spiro atoms. The van der Waals surface area contributed by atoms with Gasteiger partial charge in [0, 0.05) is 30.2 Å². The van der Waals surface area contributed by atoms with Crippen LogP contribution in [0.2, 0.25) is 0 Å². The maximum absolute atomic E-state index is 12.3. The number of aryl methyl sites for hydroxylation is 2. The van der Waals surface area contributed by atoms with Gasteiger partial charge in [-0.05, 0) is 37.6 Å². The molecule has 28 heavy (non-hydrogen) atoms. The summed E-state index contributed by atoms with van der Waals surface area (Å²) in [6.07, 6.45) is 2.52. The average molecular weight is 419 g/mol. The first-order valence-electron chi connectivity index (χ1n) is 8.82. The number of anilines is 3. The highest BCUT2D eigenvalue weighted by molar-refractivity contribution is 7.91. The number of nitrogens with one attached hydrogen (secondary N) is 3. The van der Waals surface area contributed by atoms with Gasteiger partial charge in [-0.25, -0.2) is 28.1 Å². The van der Waals surface area contributed by atoms with E-state index in [9.17, 15) is 8.42 Å². The molecule has 3 aromatic rings. The van der Waals surface area contributed by atoms with Crippen LogP contribution in [-0.4, -0.2) is 36.5 Å². The summed E-state index contributed by atoms with van der Waals surface area (Å²) in [4.78, 5) is 13.9. The summed E-state index contributed by atoms with van der Waals surface area (Å²) in [7, 11) is -3.49. The molecule has 3 aromatic heterocycles. The molecule has 0 atom stereocenters. The van der Waals surface area contributed by atoms with Gasteiger partial charge in [0.2, 0.25) is 10.0 Å². The van der Waals surface area contributed by atoms with Crippen LogP contribution in [0.25, 0.3) is 0 Å². The predicted octanol–water partition coefficient (Wildman–Crippen LogP) is 2.94. The number of pyridine rings is 1. The Labute approximate surface area is 168 Å². The summed E-state index contributed by atoms with van der Waals surface area (Å²) in [5.74, 6) is 2.49. The van der Waals surface area contributed by atoms with E-state index in [1.165, 1.54) is 11.3 Å². The van der Waals surface area contributed by atoms with Crippen LogP contribution in [0.4, 0.5) is 17.5 Å². The Balaban J connectivity index is 1.56. The van der Waals surface area contributed by atoms with Gasteiger partial charge in [0.05, 0.1) is 0 Å². The highest BCUT2D eigenvalue weighted by atomic mass is 32.2. The smallest absolute Gasteiger partial charge is 0.250 e. The molecule has 0 amide bonds. The number of nitrogens with zero attached hydrogens (tertiary/aromatic N) is 3. The van der Waals surface area contributed by atoms with E-state index >= 15 is 0 Å². The molecule has 0 saturated heterocycles. The maximum Gasteiger partial charge on any atom is 0.250 e. The lowest BCUT2D eigenvalue weighted by molar-refractivity contribution is 0.585. The van der Waals surface area contributed by atoms with E-state index in [2.05, 4.69) is 30.3 Å². The van der Waals surface area contributed by atoms with Crippen molar-refractivity contribution in [3.63, 3.8) is 0 Å². The molecule has 10 heteroatoms. The van der Waals surface area contributed by atoms with Crippen LogP contribution < -0.4 is 15.4 Å². The SMILES string of the molecule is CCc1ccc(S(=O)(=O)NCCNc2cc(Nc3ccccn3)nc(C)n2)s1. The molecule has 0 unspecified atom stereocenters. The third-order valence-electron chi connectivity index (χ3n) is 3.73. The third-order valence-corrected chi connectivity index (χ3v) is 6.91. The Kier molecular flexibility index (Phi) is 6.55. The number of hydrogen-bond donors (Lipinski definition) is 3. The molecule has 0 radical (unpaired) electrons. The average Bonchev–Trinajstić information content (AvgIpc) is 3.16. The monoisotopic (exact) mass is 418 g/mol. The van der Waals surface area contributed by atoms with E-state index in [0.717, 1.165) is 11.3 Å². The number of sulfonamides is 1. The van der Waals surface area contributed by atoms with Crippen molar-refractivity contribution in [2.75, 3.05) is 23.7 Å². The van der Waals surface area contributed by atoms with Crippen molar-refractivity contribution in [3.8, 4) is 0 Å². The molecule has 0 aliphatic carbocycles. The van der Waals surface area contributed by atoms with E-state index < -0.39 is 10.0 Å². The lowest BCUT2D eigenvalue weighted by Gasteiger charge is -2.10. The van der Waals surface area contributed by atoms with Crippen LogP contribution in [0, 0.1) is 6.92 Å². The van der Waals surface area contributed by atoms with Crippen molar-refractivity contribution in [1.29, 1.82) is 0 Å². The van der Waals surface area contributed by atoms with Gasteiger partial charge in [0.15, 0.2) is 0 Å². The maximum atomic E-state index is 12.3. The summed E-state index contributed by atoms with van der Waals surface area (Å²) in [6, 6.07) is 10.8. The van der Waals surface area contributed by atoms with Gasteiger partial charge in [-0.1, -0.05) is 13.0 Å². The highest BCUT2D eigenvalue weighted by Crippen LogP contribution is 2.21. The quantitative estimate of drug-likeness (QED) is 0.458. The Morgan fingerprint density at radius 2 is 1.86 bits per heavy atom. The van der Waals surface area contributed by atoms with Crippen LogP contribution in [0.5, 0.6) is 0 Å². The zero-order valence-corrected chi connectivity index (χ0v) is 17.3. The molecule has 3 rings (SSSR count). The van der Waals surface area contributed by atoms with E-state index in [0.29, 0.717) is 34.0 Å². The Bertz CT molecular complexity index is 1020. The number of rotatable bonds is 9. The first-order chi connectivity index (χ1) is 13.5. The molecule has 0 fully saturated rings. The van der Waals surface area contributed by atoms with Crippen LogP contribution in [0.1, 0.15) is 17.6 Å². The zero-order chi connectivity index (χ0) is 20.0. The topological polar surface area (TPSA) is 109 Å². The summed E-state index contributed by atoms with van der Waals surface area (Å²) in [5, 5.41) is 6.23. The minimum atomic E-state index is -3.49. The number of aromatic nitrogens is 3. The van der Waals surface area contributed by atoms with Crippen molar-refractivity contribution in [2.45, 2.75) is 24.5 Å². The second-order valence-corrected chi connectivity index (χ2v) is 9.09. The molecule has 3 N–H and O–H groups in total. The summed E-state index contributed by atoms with van der Waals surface area (Å²) >= 11 is 1.29. The van der Waals surface area contributed by atoms with Gasteiger partial charge >= 0.3 is 0 Å². The van der Waals surface area contributed by atoms with Gasteiger partial charge in [-0.15, -0.1) is 11.3 Å². The first-order valence-corrected chi connectivity index (χ1v) is 11.1. The molecular formula is C18H22N6O2S2. The zero-order valence-electron chi connectivity index (χ0n) is 15.6. The van der Waals surface area contributed by atoms with Crippen molar-refractivity contribution >= 4 is 38.8 Å². The fourth-order valence-electron chi connectivity index (χ4n) is 2.43. The second kappa shape index (κ2) is 9.09. The standard InChI is InChI=1S/C18H22N6O2S2/c1-3-14-7-8-18(27-14)28(25,26)21-11-10-20-16-12-17(23-13(2)22-16)24-15-6-4-5-9-19-15/h4-9,12,21H,3,10-11H2,1-2H3,(H2,19,20,22,23,24).